The van der Waals surface area contributed by atoms with Crippen LogP contribution in [0, 0.1) is 0 Å². The molecule has 3 aromatic rings. The highest BCUT2D eigenvalue weighted by molar-refractivity contribution is 5.79. The van der Waals surface area contributed by atoms with E-state index in [9.17, 15) is 0 Å². The lowest BCUT2D eigenvalue weighted by Gasteiger charge is -2.36. The summed E-state index contributed by atoms with van der Waals surface area (Å²) in [5, 5.41) is 0. The Labute approximate surface area is 196 Å². The molecule has 0 saturated heterocycles. The summed E-state index contributed by atoms with van der Waals surface area (Å²) in [5.41, 5.74) is 8.08. The first-order valence-electron chi connectivity index (χ1n) is 12.6. The fourth-order valence-electron chi connectivity index (χ4n) is 5.34. The maximum absolute atomic E-state index is 2.32. The predicted octanol–water partition coefficient (Wildman–Crippen LogP) is 7.75. The minimum Gasteiger partial charge on any atom is -0.292 e. The van der Waals surface area contributed by atoms with Crippen LogP contribution in [0.15, 0.2) is 72.8 Å². The molecule has 0 aromatic heterocycles. The lowest BCUT2D eigenvalue weighted by Crippen LogP contribution is -2.49. The number of quaternary nitrogens is 2. The van der Waals surface area contributed by atoms with Crippen LogP contribution in [0.25, 0.3) is 22.3 Å². The van der Waals surface area contributed by atoms with Crippen molar-refractivity contribution in [1.82, 2.24) is 8.97 Å². The van der Waals surface area contributed by atoms with Gasteiger partial charge in [-0.1, -0.05) is 36.4 Å². The van der Waals surface area contributed by atoms with Crippen LogP contribution in [0.2, 0.25) is 0 Å². The first-order chi connectivity index (χ1) is 15.5. The van der Waals surface area contributed by atoms with E-state index < -0.39 is 0 Å². The van der Waals surface area contributed by atoms with Gasteiger partial charge in [-0.2, -0.15) is 0 Å². The number of hydrogen-bond acceptors (Lipinski definition) is 0. The molecule has 0 atom stereocenters. The van der Waals surface area contributed by atoms with Gasteiger partial charge in [-0.15, -0.1) is 0 Å². The monoisotopic (exact) mass is 430 g/mol. The van der Waals surface area contributed by atoms with E-state index in [0.29, 0.717) is 0 Å². The third-order valence-corrected chi connectivity index (χ3v) is 7.99. The molecule has 2 nitrogen and oxygen atoms in total. The van der Waals surface area contributed by atoms with Crippen LogP contribution < -0.4 is 8.97 Å². The van der Waals surface area contributed by atoms with Gasteiger partial charge in [0.15, 0.2) is 0 Å². The van der Waals surface area contributed by atoms with Gasteiger partial charge in [0.25, 0.3) is 0 Å². The van der Waals surface area contributed by atoms with Crippen molar-refractivity contribution in [2.45, 2.75) is 41.5 Å². The molecule has 0 heterocycles. The molecule has 0 bridgehead atoms. The Morgan fingerprint density at radius 3 is 1.31 bits per heavy atom. The molecule has 0 aliphatic rings. The molecule has 2 heteroatoms. The fraction of sp³-hybridized carbons (Fsp3) is 0.400. The first-order valence-corrected chi connectivity index (χ1v) is 12.6. The van der Waals surface area contributed by atoms with Crippen molar-refractivity contribution in [2.75, 3.05) is 39.3 Å². The zero-order chi connectivity index (χ0) is 23.2. The number of rotatable bonds is 10. The molecule has 3 aromatic carbocycles. The summed E-state index contributed by atoms with van der Waals surface area (Å²) in [4.78, 5) is 0. The first kappa shape index (κ1) is 24.2. The zero-order valence-electron chi connectivity index (χ0n) is 21.1. The molecule has 170 valence electrons. The maximum atomic E-state index is 2.32. The second-order valence-corrected chi connectivity index (χ2v) is 8.83. The summed E-state index contributed by atoms with van der Waals surface area (Å²) in [6.07, 6.45) is 0. The summed E-state index contributed by atoms with van der Waals surface area (Å²) in [6, 6.07) is 27.3. The summed E-state index contributed by atoms with van der Waals surface area (Å²) in [5.74, 6) is 0. The van der Waals surface area contributed by atoms with E-state index in [1.54, 1.807) is 0 Å². The van der Waals surface area contributed by atoms with Crippen LogP contribution in [-0.4, -0.2) is 39.3 Å². The topological polar surface area (TPSA) is 0 Å². The van der Waals surface area contributed by atoms with Gasteiger partial charge in [-0.25, -0.2) is 0 Å². The number of para-hydroxylation sites is 1. The van der Waals surface area contributed by atoms with Gasteiger partial charge < -0.3 is 0 Å². The highest BCUT2D eigenvalue weighted by atomic mass is 15.4. The molecule has 0 aliphatic carbocycles. The van der Waals surface area contributed by atoms with E-state index in [-0.39, 0.29) is 0 Å². The summed E-state index contributed by atoms with van der Waals surface area (Å²) >= 11 is 0. The molecule has 0 radical (unpaired) electrons. The lowest BCUT2D eigenvalue weighted by molar-refractivity contribution is 0.316. The average molecular weight is 431 g/mol. The van der Waals surface area contributed by atoms with E-state index in [1.165, 1.54) is 33.6 Å². The van der Waals surface area contributed by atoms with Gasteiger partial charge in [-0.3, -0.25) is 8.97 Å². The number of hydrogen-bond donors (Lipinski definition) is 0. The smallest absolute Gasteiger partial charge is 0.140 e. The van der Waals surface area contributed by atoms with Gasteiger partial charge in [0.05, 0.1) is 39.3 Å². The molecule has 0 amide bonds. The Kier molecular flexibility index (Phi) is 7.92. The van der Waals surface area contributed by atoms with Gasteiger partial charge in [0, 0.05) is 5.56 Å². The fourth-order valence-corrected chi connectivity index (χ4v) is 5.34. The van der Waals surface area contributed by atoms with E-state index in [2.05, 4.69) is 114 Å². The molecule has 0 fully saturated rings. The van der Waals surface area contributed by atoms with E-state index in [1.807, 2.05) is 0 Å². The van der Waals surface area contributed by atoms with Gasteiger partial charge in [0.2, 0.25) is 0 Å². The van der Waals surface area contributed by atoms with E-state index in [0.717, 1.165) is 48.2 Å². The normalized spacial score (nSPS) is 12.2. The quantitative estimate of drug-likeness (QED) is 0.288. The second kappa shape index (κ2) is 10.5. The zero-order valence-corrected chi connectivity index (χ0v) is 21.1. The van der Waals surface area contributed by atoms with Crippen molar-refractivity contribution in [3.05, 3.63) is 72.8 Å². The Hall–Kier alpha value is -2.42. The molecular weight excluding hydrogens is 388 g/mol. The molecule has 3 rings (SSSR count). The van der Waals surface area contributed by atoms with Crippen molar-refractivity contribution in [1.29, 1.82) is 0 Å². The largest absolute Gasteiger partial charge is 0.292 e. The van der Waals surface area contributed by atoms with E-state index in [4.69, 9.17) is 0 Å². The Balaban J connectivity index is 1.93. The van der Waals surface area contributed by atoms with Crippen molar-refractivity contribution in [2.24, 2.45) is 0 Å². The summed E-state index contributed by atoms with van der Waals surface area (Å²) in [6.45, 7) is 20.5. The molecule has 0 saturated carbocycles. The van der Waals surface area contributed by atoms with Crippen molar-refractivity contribution in [3.8, 4) is 22.3 Å². The van der Waals surface area contributed by atoms with Crippen molar-refractivity contribution in [3.63, 3.8) is 0 Å². The molecular formula is C30H42N2+2. The SMILES string of the molecule is CC[N+](CC)(CC)c1ccc(-c2ccc(-c3ccccc3[N+](CC)(CC)CC)cc2)cc1. The third-order valence-electron chi connectivity index (χ3n) is 7.99. The molecule has 0 spiro atoms. The predicted molar refractivity (Wildman–Crippen MR) is 144 cm³/mol. The van der Waals surface area contributed by atoms with Crippen LogP contribution in [0.5, 0.6) is 0 Å². The minimum absolute atomic E-state index is 1.02. The van der Waals surface area contributed by atoms with Gasteiger partial charge >= 0.3 is 0 Å². The van der Waals surface area contributed by atoms with Crippen LogP contribution in [0.1, 0.15) is 41.5 Å². The summed E-state index contributed by atoms with van der Waals surface area (Å²) < 4.78 is 2.06. The number of benzene rings is 3. The van der Waals surface area contributed by atoms with Crippen molar-refractivity contribution >= 4 is 11.4 Å². The Morgan fingerprint density at radius 1 is 0.438 bits per heavy atom. The molecule has 32 heavy (non-hydrogen) atoms. The lowest BCUT2D eigenvalue weighted by atomic mass is 9.97. The standard InChI is InChI=1S/C30H42N2/c1-7-31(8-2,9-3)28-23-21-26(22-24-28)25-17-19-27(20-18-25)29-15-13-14-16-30(29)32(10-4,11-5)12-6/h13-24H,7-12H2,1-6H3/q+2. The van der Waals surface area contributed by atoms with Crippen LogP contribution in [0.3, 0.4) is 0 Å². The minimum atomic E-state index is 1.02. The van der Waals surface area contributed by atoms with Crippen LogP contribution >= 0.6 is 0 Å². The third kappa shape index (κ3) is 4.40. The van der Waals surface area contributed by atoms with Crippen molar-refractivity contribution < 1.29 is 0 Å². The van der Waals surface area contributed by atoms with Crippen LogP contribution in [-0.2, 0) is 0 Å². The van der Waals surface area contributed by atoms with Gasteiger partial charge in [0.1, 0.15) is 11.4 Å². The maximum Gasteiger partial charge on any atom is 0.140 e. The Morgan fingerprint density at radius 2 is 0.844 bits per heavy atom. The molecule has 0 unspecified atom stereocenters. The number of nitrogens with zero attached hydrogens (tertiary/aromatic N) is 2. The highest BCUT2D eigenvalue weighted by Gasteiger charge is 2.27. The second-order valence-electron chi connectivity index (χ2n) is 8.83. The molecule has 0 N–H and O–H groups in total. The molecule has 0 aliphatic heterocycles. The summed E-state index contributed by atoms with van der Waals surface area (Å²) in [7, 11) is 0. The van der Waals surface area contributed by atoms with E-state index >= 15 is 0 Å². The highest BCUT2D eigenvalue weighted by Crippen LogP contribution is 2.36. The average Bonchev–Trinajstić information content (AvgIpc) is 2.88. The van der Waals surface area contributed by atoms with Crippen LogP contribution in [0.4, 0.5) is 11.4 Å². The van der Waals surface area contributed by atoms with Gasteiger partial charge in [-0.05, 0) is 94.6 Å². The Bertz CT molecular complexity index is 962.